The van der Waals surface area contributed by atoms with Crippen LogP contribution in [-0.2, 0) is 26.2 Å². The minimum atomic E-state index is -3.87. The summed E-state index contributed by atoms with van der Waals surface area (Å²) in [5.74, 6) is -0.726. The number of nitrogens with zero attached hydrogens (tertiary/aromatic N) is 2. The van der Waals surface area contributed by atoms with Crippen LogP contribution >= 0.6 is 11.6 Å². The minimum absolute atomic E-state index is 0.0934. The van der Waals surface area contributed by atoms with E-state index >= 15 is 0 Å². The Hall–Kier alpha value is -2.42. The van der Waals surface area contributed by atoms with Crippen LogP contribution < -0.4 is 5.32 Å². The van der Waals surface area contributed by atoms with Gasteiger partial charge in [0.2, 0.25) is 21.8 Å². The number of hydrogen-bond donors (Lipinski definition) is 1. The molecule has 3 rings (SSSR count). The monoisotopic (exact) mass is 519 g/mol. The van der Waals surface area contributed by atoms with Crippen molar-refractivity contribution in [3.05, 3.63) is 64.7 Å². The van der Waals surface area contributed by atoms with Gasteiger partial charge in [0.05, 0.1) is 11.4 Å². The van der Waals surface area contributed by atoms with E-state index in [4.69, 9.17) is 11.6 Å². The molecule has 2 amide bonds. The summed E-state index contributed by atoms with van der Waals surface area (Å²) in [6.07, 6.45) is 5.16. The maximum Gasteiger partial charge on any atom is 0.243 e. The molecule has 0 spiro atoms. The zero-order valence-electron chi connectivity index (χ0n) is 20.5. The second kappa shape index (κ2) is 12.0. The average Bonchev–Trinajstić information content (AvgIpc) is 2.84. The maximum absolute atomic E-state index is 13.4. The Bertz CT molecular complexity index is 1130. The van der Waals surface area contributed by atoms with Crippen molar-refractivity contribution < 1.29 is 18.0 Å². The topological polar surface area (TPSA) is 86.8 Å². The highest BCUT2D eigenvalue weighted by Gasteiger charge is 2.31. The number of halogens is 1. The van der Waals surface area contributed by atoms with Gasteiger partial charge in [-0.1, -0.05) is 66.8 Å². The summed E-state index contributed by atoms with van der Waals surface area (Å²) in [5.41, 5.74) is 1.62. The second-order valence-corrected chi connectivity index (χ2v) is 11.7. The fourth-order valence-corrected chi connectivity index (χ4v) is 5.53. The molecule has 1 aliphatic rings. The first-order valence-electron chi connectivity index (χ1n) is 12.0. The summed E-state index contributed by atoms with van der Waals surface area (Å²) in [4.78, 5) is 28.0. The van der Waals surface area contributed by atoms with Crippen molar-refractivity contribution in [2.24, 2.45) is 0 Å². The summed E-state index contributed by atoms with van der Waals surface area (Å²) in [6, 6.07) is 12.9. The minimum Gasteiger partial charge on any atom is -0.352 e. The number of nitrogens with one attached hydrogen (secondary N) is 1. The maximum atomic E-state index is 13.4. The van der Waals surface area contributed by atoms with Crippen LogP contribution in [0.15, 0.2) is 53.4 Å². The molecule has 0 aliphatic heterocycles. The van der Waals surface area contributed by atoms with E-state index < -0.39 is 28.5 Å². The van der Waals surface area contributed by atoms with Crippen LogP contribution in [0.3, 0.4) is 0 Å². The third-order valence-corrected chi connectivity index (χ3v) is 8.69. The lowest BCUT2D eigenvalue weighted by atomic mass is 9.95. The molecule has 9 heteroatoms. The smallest absolute Gasteiger partial charge is 0.243 e. The number of rotatable bonds is 9. The molecule has 2 aromatic carbocycles. The lowest BCUT2D eigenvalue weighted by Crippen LogP contribution is -2.52. The SMILES string of the molecule is Cc1ccc(S(=O)(=O)N(C)CC(=O)N(Cc2ccccc2Cl)C(C)C(=O)NC2CCCCC2)cc1. The van der Waals surface area contributed by atoms with Crippen LogP contribution in [0.4, 0.5) is 0 Å². The predicted octanol–water partition coefficient (Wildman–Crippen LogP) is 4.14. The van der Waals surface area contributed by atoms with E-state index in [1.807, 2.05) is 13.0 Å². The number of aryl methyl sites for hydroxylation is 1. The molecule has 190 valence electrons. The van der Waals surface area contributed by atoms with Crippen molar-refractivity contribution in [1.29, 1.82) is 0 Å². The molecule has 1 unspecified atom stereocenters. The van der Waals surface area contributed by atoms with Gasteiger partial charge in [0.15, 0.2) is 0 Å². The highest BCUT2D eigenvalue weighted by Crippen LogP contribution is 2.21. The lowest BCUT2D eigenvalue weighted by molar-refractivity contribution is -0.141. The standard InChI is InChI=1S/C26H34ClN3O4S/c1-19-13-15-23(16-14-19)35(33,34)29(3)18-25(31)30(17-21-9-7-8-12-24(21)27)20(2)26(32)28-22-10-5-4-6-11-22/h7-9,12-16,20,22H,4-6,10-11,17-18H2,1-3H3,(H,28,32). The molecule has 1 saturated carbocycles. The molecule has 0 aromatic heterocycles. The van der Waals surface area contributed by atoms with Crippen LogP contribution in [0, 0.1) is 6.92 Å². The zero-order valence-corrected chi connectivity index (χ0v) is 22.1. The average molecular weight is 520 g/mol. The van der Waals surface area contributed by atoms with Crippen LogP contribution in [0.2, 0.25) is 5.02 Å². The number of hydrogen-bond acceptors (Lipinski definition) is 4. The first-order valence-corrected chi connectivity index (χ1v) is 13.8. The largest absolute Gasteiger partial charge is 0.352 e. The molecular formula is C26H34ClN3O4S. The van der Waals surface area contributed by atoms with Crippen molar-refractivity contribution in [1.82, 2.24) is 14.5 Å². The van der Waals surface area contributed by atoms with Crippen molar-refractivity contribution in [3.8, 4) is 0 Å². The summed E-state index contributed by atoms with van der Waals surface area (Å²) < 4.78 is 27.1. The second-order valence-electron chi connectivity index (χ2n) is 9.21. The van der Waals surface area contributed by atoms with Gasteiger partial charge >= 0.3 is 0 Å². The number of benzene rings is 2. The molecule has 2 aromatic rings. The van der Waals surface area contributed by atoms with Gasteiger partial charge in [-0.05, 0) is 50.5 Å². The third kappa shape index (κ3) is 7.06. The van der Waals surface area contributed by atoms with E-state index in [9.17, 15) is 18.0 Å². The molecule has 0 radical (unpaired) electrons. The Labute approximate surface area is 213 Å². The Kier molecular flexibility index (Phi) is 9.33. The van der Waals surface area contributed by atoms with Gasteiger partial charge in [-0.3, -0.25) is 9.59 Å². The highest BCUT2D eigenvalue weighted by atomic mass is 35.5. The van der Waals surface area contributed by atoms with Crippen molar-refractivity contribution in [2.75, 3.05) is 13.6 Å². The predicted molar refractivity (Wildman–Crippen MR) is 137 cm³/mol. The van der Waals surface area contributed by atoms with Gasteiger partial charge in [0.1, 0.15) is 6.04 Å². The molecule has 1 aliphatic carbocycles. The van der Waals surface area contributed by atoms with E-state index in [0.29, 0.717) is 10.6 Å². The van der Waals surface area contributed by atoms with Crippen LogP contribution in [0.25, 0.3) is 0 Å². The normalized spacial score (nSPS) is 15.6. The summed E-state index contributed by atoms with van der Waals surface area (Å²) in [6.45, 7) is 3.23. The molecule has 1 atom stereocenters. The Morgan fingerprint density at radius 1 is 1.06 bits per heavy atom. The number of likely N-dealkylation sites (N-methyl/N-ethyl adjacent to an activating group) is 1. The molecule has 7 nitrogen and oxygen atoms in total. The molecule has 35 heavy (non-hydrogen) atoms. The molecule has 1 N–H and O–H groups in total. The number of carbonyl (C=O) groups is 2. The fraction of sp³-hybridized carbons (Fsp3) is 0.462. The number of amides is 2. The molecule has 0 saturated heterocycles. The van der Waals surface area contributed by atoms with E-state index in [-0.39, 0.29) is 23.4 Å². The summed E-state index contributed by atoms with van der Waals surface area (Å²) in [7, 11) is -2.51. The summed E-state index contributed by atoms with van der Waals surface area (Å²) in [5, 5.41) is 3.55. The molecular weight excluding hydrogens is 486 g/mol. The van der Waals surface area contributed by atoms with Crippen molar-refractivity contribution in [3.63, 3.8) is 0 Å². The number of carbonyl (C=O) groups excluding carboxylic acids is 2. The third-order valence-electron chi connectivity index (χ3n) is 6.50. The quantitative estimate of drug-likeness (QED) is 0.539. The van der Waals surface area contributed by atoms with Gasteiger partial charge in [0.25, 0.3) is 0 Å². The van der Waals surface area contributed by atoms with Crippen LogP contribution in [0.5, 0.6) is 0 Å². The molecule has 1 fully saturated rings. The van der Waals surface area contributed by atoms with Crippen molar-refractivity contribution in [2.45, 2.75) is 69.5 Å². The Balaban J connectivity index is 1.80. The van der Waals surface area contributed by atoms with E-state index in [1.54, 1.807) is 37.3 Å². The summed E-state index contributed by atoms with van der Waals surface area (Å²) >= 11 is 6.34. The van der Waals surface area contributed by atoms with E-state index in [2.05, 4.69) is 5.32 Å². The first-order chi connectivity index (χ1) is 16.6. The molecule has 0 bridgehead atoms. The van der Waals surface area contributed by atoms with E-state index in [0.717, 1.165) is 35.6 Å². The van der Waals surface area contributed by atoms with Gasteiger partial charge in [-0.25, -0.2) is 8.42 Å². The Morgan fingerprint density at radius 3 is 2.31 bits per heavy atom. The first kappa shape index (κ1) is 27.2. The lowest BCUT2D eigenvalue weighted by Gasteiger charge is -2.32. The fourth-order valence-electron chi connectivity index (χ4n) is 4.22. The van der Waals surface area contributed by atoms with E-state index in [1.165, 1.54) is 30.5 Å². The van der Waals surface area contributed by atoms with Crippen molar-refractivity contribution >= 4 is 33.4 Å². The number of sulfonamides is 1. The van der Waals surface area contributed by atoms with Crippen LogP contribution in [-0.4, -0.2) is 55.1 Å². The van der Waals surface area contributed by atoms with Gasteiger partial charge in [0, 0.05) is 24.7 Å². The van der Waals surface area contributed by atoms with Crippen LogP contribution in [0.1, 0.15) is 50.2 Å². The van der Waals surface area contributed by atoms with Gasteiger partial charge < -0.3 is 10.2 Å². The van der Waals surface area contributed by atoms with Gasteiger partial charge in [-0.15, -0.1) is 0 Å². The molecule has 0 heterocycles. The van der Waals surface area contributed by atoms with Gasteiger partial charge in [-0.2, -0.15) is 4.31 Å². The zero-order chi connectivity index (χ0) is 25.6. The Morgan fingerprint density at radius 2 is 1.69 bits per heavy atom. The highest BCUT2D eigenvalue weighted by molar-refractivity contribution is 7.89.